The van der Waals surface area contributed by atoms with Crippen molar-refractivity contribution in [1.29, 1.82) is 0 Å². The van der Waals surface area contributed by atoms with Crippen molar-refractivity contribution >= 4 is 18.0 Å². The van der Waals surface area contributed by atoms with Gasteiger partial charge in [-0.25, -0.2) is 4.79 Å². The highest BCUT2D eigenvalue weighted by Crippen LogP contribution is 2.15. The van der Waals surface area contributed by atoms with E-state index in [0.717, 1.165) is 5.56 Å². The fraction of sp³-hybridized carbons (Fsp3) is 0.200. The molecule has 0 radical (unpaired) electrons. The lowest BCUT2D eigenvalue weighted by atomic mass is 10.1. The molecule has 4 nitrogen and oxygen atoms in total. The highest BCUT2D eigenvalue weighted by molar-refractivity contribution is 5.83. The van der Waals surface area contributed by atoms with Crippen molar-refractivity contribution in [3.8, 4) is 0 Å². The number of carbonyl (C=O) groups excluding carboxylic acids is 2. The fourth-order valence-electron chi connectivity index (χ4n) is 1.74. The number of benzene rings is 1. The fourth-order valence-corrected chi connectivity index (χ4v) is 1.74. The molecule has 0 spiro atoms. The van der Waals surface area contributed by atoms with E-state index in [2.05, 4.69) is 0 Å². The molecule has 0 aliphatic carbocycles. The number of hydrogen-bond donors (Lipinski definition) is 0. The van der Waals surface area contributed by atoms with Gasteiger partial charge in [-0.2, -0.15) is 0 Å². The molecule has 1 heterocycles. The molecule has 2 atom stereocenters. The molecule has 0 N–H and O–H groups in total. The number of rotatable bonds is 3. The van der Waals surface area contributed by atoms with Crippen LogP contribution in [0.3, 0.4) is 0 Å². The predicted octanol–water partition coefficient (Wildman–Crippen LogP) is 2.11. The van der Waals surface area contributed by atoms with E-state index in [-0.39, 0.29) is 0 Å². The van der Waals surface area contributed by atoms with Gasteiger partial charge in [0.2, 0.25) is 0 Å². The Bertz CT molecular complexity index is 516. The van der Waals surface area contributed by atoms with E-state index in [1.807, 2.05) is 36.4 Å². The Morgan fingerprint density at radius 2 is 2.05 bits per heavy atom. The lowest BCUT2D eigenvalue weighted by Gasteiger charge is -2.24. The van der Waals surface area contributed by atoms with E-state index in [4.69, 9.17) is 9.47 Å². The van der Waals surface area contributed by atoms with E-state index >= 15 is 0 Å². The summed E-state index contributed by atoms with van der Waals surface area (Å²) in [6.07, 6.45) is 5.17. The number of hydrogen-bond acceptors (Lipinski definition) is 4. The zero-order chi connectivity index (χ0) is 13.7. The molecule has 98 valence electrons. The van der Waals surface area contributed by atoms with Gasteiger partial charge in [0.25, 0.3) is 0 Å². The van der Waals surface area contributed by atoms with Gasteiger partial charge in [0, 0.05) is 13.0 Å². The summed E-state index contributed by atoms with van der Waals surface area (Å²) >= 11 is 0. The van der Waals surface area contributed by atoms with Crippen molar-refractivity contribution in [2.24, 2.45) is 0 Å². The lowest BCUT2D eigenvalue weighted by Crippen LogP contribution is -2.34. The summed E-state index contributed by atoms with van der Waals surface area (Å²) in [6, 6.07) is 9.60. The van der Waals surface area contributed by atoms with Gasteiger partial charge in [-0.1, -0.05) is 36.4 Å². The third-order valence-corrected chi connectivity index (χ3v) is 2.58. The first-order valence-electron chi connectivity index (χ1n) is 5.94. The van der Waals surface area contributed by atoms with Crippen LogP contribution >= 0.6 is 0 Å². The van der Waals surface area contributed by atoms with Crippen molar-refractivity contribution in [3.05, 3.63) is 54.1 Å². The van der Waals surface area contributed by atoms with Gasteiger partial charge >= 0.3 is 11.9 Å². The Kier molecular flexibility index (Phi) is 4.13. The van der Waals surface area contributed by atoms with Gasteiger partial charge < -0.3 is 9.47 Å². The maximum absolute atomic E-state index is 11.2. The Morgan fingerprint density at radius 1 is 1.32 bits per heavy atom. The molecule has 0 bridgehead atoms. The lowest BCUT2D eigenvalue weighted by molar-refractivity contribution is -0.158. The highest BCUT2D eigenvalue weighted by atomic mass is 16.6. The van der Waals surface area contributed by atoms with Gasteiger partial charge in [0.15, 0.2) is 12.2 Å². The molecule has 0 saturated carbocycles. The minimum Gasteiger partial charge on any atom is -0.454 e. The molecule has 0 unspecified atom stereocenters. The maximum Gasteiger partial charge on any atom is 0.331 e. The molecule has 1 aliphatic heterocycles. The van der Waals surface area contributed by atoms with Crippen molar-refractivity contribution in [1.82, 2.24) is 0 Å². The molecular formula is C15H14O4. The molecule has 1 aliphatic rings. The van der Waals surface area contributed by atoms with E-state index in [1.165, 1.54) is 19.1 Å². The predicted molar refractivity (Wildman–Crippen MR) is 70.1 cm³/mol. The molecule has 0 aromatic heterocycles. The summed E-state index contributed by atoms with van der Waals surface area (Å²) in [5.41, 5.74) is 0.981. The molecule has 0 fully saturated rings. The van der Waals surface area contributed by atoms with Crippen LogP contribution < -0.4 is 0 Å². The molecular weight excluding hydrogens is 244 g/mol. The minimum atomic E-state index is -0.596. The molecule has 4 heteroatoms. The largest absolute Gasteiger partial charge is 0.454 e. The Hall–Kier alpha value is -2.36. The van der Waals surface area contributed by atoms with E-state index in [1.54, 1.807) is 6.08 Å². The second-order valence-corrected chi connectivity index (χ2v) is 4.10. The molecule has 1 aromatic rings. The normalized spacial score (nSPS) is 22.3. The Balaban J connectivity index is 2.11. The van der Waals surface area contributed by atoms with Gasteiger partial charge in [-0.15, -0.1) is 0 Å². The zero-order valence-electron chi connectivity index (χ0n) is 10.5. The second kappa shape index (κ2) is 6.00. The Morgan fingerprint density at radius 3 is 2.74 bits per heavy atom. The molecule has 0 saturated heterocycles. The number of ether oxygens (including phenoxy) is 2. The quantitative estimate of drug-likeness (QED) is 0.779. The minimum absolute atomic E-state index is 0.411. The van der Waals surface area contributed by atoms with Crippen LogP contribution in [0.5, 0.6) is 0 Å². The summed E-state index contributed by atoms with van der Waals surface area (Å²) in [5, 5.41) is 0. The van der Waals surface area contributed by atoms with Crippen LogP contribution in [0.25, 0.3) is 6.08 Å². The van der Waals surface area contributed by atoms with Crippen LogP contribution in [0.1, 0.15) is 12.5 Å². The van der Waals surface area contributed by atoms with Crippen LogP contribution in [-0.4, -0.2) is 24.1 Å². The average Bonchev–Trinajstić information content (AvgIpc) is 2.40. The summed E-state index contributed by atoms with van der Waals surface area (Å²) in [7, 11) is 0. The van der Waals surface area contributed by atoms with Crippen molar-refractivity contribution in [3.63, 3.8) is 0 Å². The average molecular weight is 258 g/mol. The Labute approximate surface area is 111 Å². The molecule has 0 amide bonds. The number of carbonyl (C=O) groups is 2. The van der Waals surface area contributed by atoms with Gasteiger partial charge in [0.1, 0.15) is 0 Å². The molecule has 1 aromatic carbocycles. The van der Waals surface area contributed by atoms with Gasteiger partial charge in [0.05, 0.1) is 0 Å². The van der Waals surface area contributed by atoms with E-state index in [9.17, 15) is 9.59 Å². The third kappa shape index (κ3) is 3.81. The molecule has 19 heavy (non-hydrogen) atoms. The van der Waals surface area contributed by atoms with Crippen molar-refractivity contribution < 1.29 is 19.1 Å². The monoisotopic (exact) mass is 258 g/mol. The second-order valence-electron chi connectivity index (χ2n) is 4.10. The highest BCUT2D eigenvalue weighted by Gasteiger charge is 2.26. The topological polar surface area (TPSA) is 52.6 Å². The van der Waals surface area contributed by atoms with Crippen LogP contribution in [0, 0.1) is 0 Å². The summed E-state index contributed by atoms with van der Waals surface area (Å²) in [4.78, 5) is 22.2. The summed E-state index contributed by atoms with van der Waals surface area (Å²) in [5.74, 6) is -0.850. The first-order chi connectivity index (χ1) is 9.15. The van der Waals surface area contributed by atoms with Gasteiger partial charge in [-0.05, 0) is 17.7 Å². The van der Waals surface area contributed by atoms with Crippen LogP contribution in [0.2, 0.25) is 0 Å². The molecule has 2 rings (SSSR count). The van der Waals surface area contributed by atoms with Crippen LogP contribution in [0.15, 0.2) is 48.6 Å². The maximum atomic E-state index is 11.2. The third-order valence-electron chi connectivity index (χ3n) is 2.58. The standard InChI is InChI=1S/C15H14O4/c1-11(16)18-13-9-10-15(17)19-14(13)8-7-12-5-3-2-4-6-12/h2-10,13-14H,1H3/t13-,14-/m0/s1. The summed E-state index contributed by atoms with van der Waals surface area (Å²) < 4.78 is 10.2. The first kappa shape index (κ1) is 13.1. The first-order valence-corrected chi connectivity index (χ1v) is 5.94. The van der Waals surface area contributed by atoms with E-state index in [0.29, 0.717) is 0 Å². The van der Waals surface area contributed by atoms with Crippen LogP contribution in [-0.2, 0) is 19.1 Å². The van der Waals surface area contributed by atoms with Crippen molar-refractivity contribution in [2.75, 3.05) is 0 Å². The number of esters is 2. The van der Waals surface area contributed by atoms with Crippen LogP contribution in [0.4, 0.5) is 0 Å². The zero-order valence-corrected chi connectivity index (χ0v) is 10.5. The smallest absolute Gasteiger partial charge is 0.331 e. The van der Waals surface area contributed by atoms with E-state index < -0.39 is 24.1 Å². The van der Waals surface area contributed by atoms with Gasteiger partial charge in [-0.3, -0.25) is 4.79 Å². The summed E-state index contributed by atoms with van der Waals surface area (Å²) in [6.45, 7) is 1.32. The number of cyclic esters (lactones) is 1. The SMILES string of the molecule is CC(=O)O[C@H]1C=CC(=O)O[C@H]1C=Cc1ccccc1. The van der Waals surface area contributed by atoms with Crippen molar-refractivity contribution in [2.45, 2.75) is 19.1 Å².